The van der Waals surface area contributed by atoms with Crippen molar-refractivity contribution < 1.29 is 37.8 Å². The largest absolute Gasteiger partial charge is 0.490 e. The van der Waals surface area contributed by atoms with Gasteiger partial charge in [-0.25, -0.2) is 14.6 Å². The van der Waals surface area contributed by atoms with Gasteiger partial charge in [-0.05, 0) is 31.1 Å². The number of amides is 1. The van der Waals surface area contributed by atoms with E-state index in [1.165, 1.54) is 22.4 Å². The van der Waals surface area contributed by atoms with Crippen molar-refractivity contribution in [1.82, 2.24) is 9.88 Å². The van der Waals surface area contributed by atoms with Crippen LogP contribution in [0, 0.1) is 11.3 Å². The molecule has 1 aliphatic heterocycles. The van der Waals surface area contributed by atoms with E-state index in [1.807, 2.05) is 6.92 Å². The topological polar surface area (TPSA) is 120 Å². The molecule has 170 valence electrons. The summed E-state index contributed by atoms with van der Waals surface area (Å²) in [4.78, 5) is 39.4. The Balaban J connectivity index is 0.000000553. The second-order valence-electron chi connectivity index (χ2n) is 7.81. The van der Waals surface area contributed by atoms with E-state index >= 15 is 0 Å². The molecule has 8 nitrogen and oxygen atoms in total. The summed E-state index contributed by atoms with van der Waals surface area (Å²) in [6.07, 6.45) is -2.22. The molecule has 1 aromatic rings. The van der Waals surface area contributed by atoms with Gasteiger partial charge in [0.25, 0.3) is 5.91 Å². The Bertz CT molecular complexity index is 761. The van der Waals surface area contributed by atoms with E-state index in [1.54, 1.807) is 0 Å². The lowest BCUT2D eigenvalue weighted by molar-refractivity contribution is -0.192. The molecule has 0 radical (unpaired) electrons. The number of piperidine rings is 1. The van der Waals surface area contributed by atoms with Gasteiger partial charge in [0.15, 0.2) is 5.13 Å². The van der Waals surface area contributed by atoms with Crippen LogP contribution in [-0.4, -0.2) is 63.3 Å². The Morgan fingerprint density at radius 2 is 1.80 bits per heavy atom. The molecule has 2 atom stereocenters. The number of rotatable bonds is 4. The average Bonchev–Trinajstić information content (AvgIpc) is 3.08. The van der Waals surface area contributed by atoms with Crippen molar-refractivity contribution in [1.29, 1.82) is 0 Å². The molecule has 1 saturated heterocycles. The van der Waals surface area contributed by atoms with Crippen molar-refractivity contribution in [3.05, 3.63) is 11.1 Å². The first-order chi connectivity index (χ1) is 13.7. The highest BCUT2D eigenvalue weighted by Crippen LogP contribution is 2.36. The van der Waals surface area contributed by atoms with Gasteiger partial charge in [-0.1, -0.05) is 32.1 Å². The Morgan fingerprint density at radius 1 is 1.23 bits per heavy atom. The molecule has 1 aromatic heterocycles. The molecule has 2 unspecified atom stereocenters. The SMILES string of the molecule is CCNc1ncc(C(=O)N2CC(C(C)(C)C)CCC2C(=O)O)s1.O=C(O)C(F)(F)F. The van der Waals surface area contributed by atoms with Crippen molar-refractivity contribution in [2.24, 2.45) is 11.3 Å². The number of thiazole rings is 1. The smallest absolute Gasteiger partial charge is 0.480 e. The number of carbonyl (C=O) groups is 3. The monoisotopic (exact) mass is 453 g/mol. The lowest BCUT2D eigenvalue weighted by Gasteiger charge is -2.42. The molecule has 0 bridgehead atoms. The van der Waals surface area contributed by atoms with E-state index in [9.17, 15) is 27.9 Å². The number of hydrogen-bond acceptors (Lipinski definition) is 6. The third kappa shape index (κ3) is 7.15. The van der Waals surface area contributed by atoms with Crippen LogP contribution in [0.4, 0.5) is 18.3 Å². The van der Waals surface area contributed by atoms with Gasteiger partial charge in [0.1, 0.15) is 10.9 Å². The first kappa shape index (κ1) is 25.7. The van der Waals surface area contributed by atoms with E-state index in [4.69, 9.17) is 9.90 Å². The van der Waals surface area contributed by atoms with Crippen LogP contribution in [0.25, 0.3) is 0 Å². The number of nitrogens with one attached hydrogen (secondary N) is 1. The number of carbonyl (C=O) groups excluding carboxylic acids is 1. The molecule has 2 heterocycles. The van der Waals surface area contributed by atoms with Gasteiger partial charge in [0.05, 0.1) is 6.20 Å². The third-order valence-corrected chi connectivity index (χ3v) is 5.58. The molecule has 0 aromatic carbocycles. The fourth-order valence-corrected chi connectivity index (χ4v) is 3.75. The summed E-state index contributed by atoms with van der Waals surface area (Å²) in [5.41, 5.74) is 0.0463. The van der Waals surface area contributed by atoms with Crippen molar-refractivity contribution in [3.8, 4) is 0 Å². The predicted molar refractivity (Wildman–Crippen MR) is 105 cm³/mol. The van der Waals surface area contributed by atoms with Crippen molar-refractivity contribution in [3.63, 3.8) is 0 Å². The highest BCUT2D eigenvalue weighted by molar-refractivity contribution is 7.17. The first-order valence-electron chi connectivity index (χ1n) is 9.22. The average molecular weight is 453 g/mol. The second-order valence-corrected chi connectivity index (χ2v) is 8.85. The van der Waals surface area contributed by atoms with Gasteiger partial charge in [-0.15, -0.1) is 0 Å². The summed E-state index contributed by atoms with van der Waals surface area (Å²) < 4.78 is 31.7. The normalized spacial score (nSPS) is 19.5. The number of carboxylic acid groups (broad SMARTS) is 2. The Kier molecular flexibility index (Phi) is 8.64. The zero-order chi connectivity index (χ0) is 23.3. The minimum Gasteiger partial charge on any atom is -0.480 e. The number of likely N-dealkylation sites (tertiary alicyclic amines) is 1. The van der Waals surface area contributed by atoms with Crippen LogP contribution in [0.2, 0.25) is 0 Å². The minimum absolute atomic E-state index is 0.0463. The lowest BCUT2D eigenvalue weighted by atomic mass is 9.75. The van der Waals surface area contributed by atoms with Gasteiger partial charge in [-0.3, -0.25) is 4.79 Å². The van der Waals surface area contributed by atoms with Gasteiger partial charge < -0.3 is 20.4 Å². The molecule has 1 amide bonds. The number of anilines is 1. The summed E-state index contributed by atoms with van der Waals surface area (Å²) in [6, 6.07) is -0.745. The number of alkyl halides is 3. The highest BCUT2D eigenvalue weighted by atomic mass is 32.1. The molecule has 3 N–H and O–H groups in total. The molecular formula is C18H26F3N3O5S. The lowest BCUT2D eigenvalue weighted by Crippen LogP contribution is -2.52. The van der Waals surface area contributed by atoms with Gasteiger partial charge >= 0.3 is 18.1 Å². The fourth-order valence-electron chi connectivity index (χ4n) is 2.91. The zero-order valence-electron chi connectivity index (χ0n) is 17.1. The Morgan fingerprint density at radius 3 is 2.23 bits per heavy atom. The number of aliphatic carboxylic acids is 2. The van der Waals surface area contributed by atoms with E-state index in [-0.39, 0.29) is 11.3 Å². The Labute approximate surface area is 176 Å². The van der Waals surface area contributed by atoms with E-state index < -0.39 is 24.2 Å². The van der Waals surface area contributed by atoms with Crippen LogP contribution in [0.15, 0.2) is 6.20 Å². The summed E-state index contributed by atoms with van der Waals surface area (Å²) >= 11 is 1.28. The maximum Gasteiger partial charge on any atom is 0.490 e. The summed E-state index contributed by atoms with van der Waals surface area (Å²) in [5, 5.41) is 20.3. The van der Waals surface area contributed by atoms with E-state index in [0.29, 0.717) is 28.9 Å². The van der Waals surface area contributed by atoms with Crippen molar-refractivity contribution in [2.75, 3.05) is 18.4 Å². The van der Waals surface area contributed by atoms with Crippen molar-refractivity contribution in [2.45, 2.75) is 52.8 Å². The molecule has 0 spiro atoms. The number of nitrogens with zero attached hydrogens (tertiary/aromatic N) is 2. The number of aromatic nitrogens is 1. The predicted octanol–water partition coefficient (Wildman–Crippen LogP) is 3.56. The first-order valence-corrected chi connectivity index (χ1v) is 10.0. The number of hydrogen-bond donors (Lipinski definition) is 3. The maximum atomic E-state index is 12.8. The third-order valence-electron chi connectivity index (χ3n) is 4.64. The van der Waals surface area contributed by atoms with Crippen LogP contribution in [0.3, 0.4) is 0 Å². The molecule has 2 rings (SSSR count). The molecule has 1 fully saturated rings. The molecular weight excluding hydrogens is 427 g/mol. The van der Waals surface area contributed by atoms with Crippen LogP contribution in [0.1, 0.15) is 50.2 Å². The number of carboxylic acids is 2. The second kappa shape index (κ2) is 10.1. The standard InChI is InChI=1S/C16H25N3O3S.C2HF3O2/c1-5-17-15-18-8-12(23-15)13(20)19-9-10(16(2,3)4)6-7-11(19)14(21)22;3-2(4,5)1(6)7/h8,10-11H,5-7,9H2,1-4H3,(H,17,18)(H,21,22);(H,6,7). The zero-order valence-corrected chi connectivity index (χ0v) is 17.9. The molecule has 0 aliphatic carbocycles. The van der Waals surface area contributed by atoms with Gasteiger partial charge in [0, 0.05) is 13.1 Å². The van der Waals surface area contributed by atoms with E-state index in [2.05, 4.69) is 31.1 Å². The van der Waals surface area contributed by atoms with Crippen LogP contribution in [-0.2, 0) is 9.59 Å². The van der Waals surface area contributed by atoms with Crippen LogP contribution < -0.4 is 5.32 Å². The minimum atomic E-state index is -5.08. The van der Waals surface area contributed by atoms with Gasteiger partial charge in [0.2, 0.25) is 0 Å². The highest BCUT2D eigenvalue weighted by Gasteiger charge is 2.40. The fraction of sp³-hybridized carbons (Fsp3) is 0.667. The van der Waals surface area contributed by atoms with E-state index in [0.717, 1.165) is 13.0 Å². The molecule has 1 aliphatic rings. The maximum absolute atomic E-state index is 12.8. The quantitative estimate of drug-likeness (QED) is 0.638. The summed E-state index contributed by atoms with van der Waals surface area (Å²) in [6.45, 7) is 9.58. The molecule has 30 heavy (non-hydrogen) atoms. The van der Waals surface area contributed by atoms with Gasteiger partial charge in [-0.2, -0.15) is 13.2 Å². The Hall–Kier alpha value is -2.37. The van der Waals surface area contributed by atoms with Crippen LogP contribution in [0.5, 0.6) is 0 Å². The molecule has 0 saturated carbocycles. The van der Waals surface area contributed by atoms with Crippen molar-refractivity contribution >= 4 is 34.3 Å². The number of halogens is 3. The van der Waals surface area contributed by atoms with Crippen LogP contribution >= 0.6 is 11.3 Å². The molecule has 12 heteroatoms. The summed E-state index contributed by atoms with van der Waals surface area (Å²) in [5.74, 6) is -3.62. The summed E-state index contributed by atoms with van der Waals surface area (Å²) in [7, 11) is 0.